The number of nitrogens with zero attached hydrogens (tertiary/aromatic N) is 8. The summed E-state index contributed by atoms with van der Waals surface area (Å²) in [4.78, 5) is 28.6. The number of carbonyl (C=O) groups excluding carboxylic acids is 1. The van der Waals surface area contributed by atoms with Crippen molar-refractivity contribution in [2.24, 2.45) is 7.05 Å². The third-order valence-electron chi connectivity index (χ3n) is 6.67. The molecule has 0 spiro atoms. The summed E-state index contributed by atoms with van der Waals surface area (Å²) in [6, 6.07) is 11.8. The maximum absolute atomic E-state index is 15.2. The molecule has 0 saturated carbocycles. The fourth-order valence-electron chi connectivity index (χ4n) is 4.60. The van der Waals surface area contributed by atoms with Gasteiger partial charge in [-0.05, 0) is 37.3 Å². The van der Waals surface area contributed by atoms with Crippen LogP contribution in [0.4, 0.5) is 21.7 Å². The molecule has 198 valence electrons. The van der Waals surface area contributed by atoms with Crippen LogP contribution in [0.2, 0.25) is 5.02 Å². The molecule has 3 aromatic heterocycles. The standard InChI is InChI=1S/C26H23ClFN9O2/c1-15-12-36(7-8-37(15)14-38)23-6-4-20-24(32-23)26(30-13-29-20)31-16-9-18(27)25(19(28)10-16)39-17-3-5-22-21(11-17)33-34-35(22)2/h3-6,9-11,13-15H,7-8,12H2,1-2H3,(H,29,30,31)/t15-/m1/s1. The van der Waals surface area contributed by atoms with E-state index in [1.54, 1.807) is 40.9 Å². The molecule has 0 aliphatic carbocycles. The van der Waals surface area contributed by atoms with E-state index in [1.807, 2.05) is 19.1 Å². The van der Waals surface area contributed by atoms with Crippen molar-refractivity contribution in [1.29, 1.82) is 0 Å². The van der Waals surface area contributed by atoms with Crippen molar-refractivity contribution in [2.75, 3.05) is 29.9 Å². The van der Waals surface area contributed by atoms with Crippen LogP contribution in [0.25, 0.3) is 22.1 Å². The van der Waals surface area contributed by atoms with E-state index in [2.05, 4.69) is 30.5 Å². The zero-order chi connectivity index (χ0) is 27.1. The Hall–Kier alpha value is -4.58. The molecule has 1 fully saturated rings. The molecule has 4 heterocycles. The Kier molecular flexibility index (Phi) is 6.31. The van der Waals surface area contributed by atoms with Crippen molar-refractivity contribution in [2.45, 2.75) is 13.0 Å². The fourth-order valence-corrected chi connectivity index (χ4v) is 4.85. The highest BCUT2D eigenvalue weighted by Crippen LogP contribution is 2.36. The lowest BCUT2D eigenvalue weighted by Crippen LogP contribution is -2.51. The van der Waals surface area contributed by atoms with E-state index in [0.29, 0.717) is 53.4 Å². The van der Waals surface area contributed by atoms with Crippen molar-refractivity contribution in [3.05, 3.63) is 59.6 Å². The first-order valence-electron chi connectivity index (χ1n) is 12.2. The SMILES string of the molecule is C[C@@H]1CN(c2ccc3ncnc(Nc4cc(F)c(Oc5ccc6c(c5)nnn6C)c(Cl)c4)c3n2)CCN1C=O. The van der Waals surface area contributed by atoms with Gasteiger partial charge in [-0.15, -0.1) is 5.10 Å². The van der Waals surface area contributed by atoms with Crippen LogP contribution in [0.15, 0.2) is 48.8 Å². The number of ether oxygens (including phenoxy) is 1. The van der Waals surface area contributed by atoms with Crippen molar-refractivity contribution in [1.82, 2.24) is 34.8 Å². The van der Waals surface area contributed by atoms with Crippen LogP contribution in [-0.4, -0.2) is 66.9 Å². The molecule has 6 rings (SSSR count). The lowest BCUT2D eigenvalue weighted by Gasteiger charge is -2.38. The lowest BCUT2D eigenvalue weighted by molar-refractivity contribution is -0.120. The van der Waals surface area contributed by atoms with Gasteiger partial charge in [0.2, 0.25) is 6.41 Å². The number of benzene rings is 2. The maximum atomic E-state index is 15.2. The van der Waals surface area contributed by atoms with Gasteiger partial charge in [-0.1, -0.05) is 16.8 Å². The fraction of sp³-hybridized carbons (Fsp3) is 0.231. The first-order valence-corrected chi connectivity index (χ1v) is 12.6. The minimum Gasteiger partial charge on any atom is -0.453 e. The maximum Gasteiger partial charge on any atom is 0.210 e. The van der Waals surface area contributed by atoms with Crippen LogP contribution in [0.1, 0.15) is 6.92 Å². The zero-order valence-electron chi connectivity index (χ0n) is 21.0. The molecule has 1 amide bonds. The topological polar surface area (TPSA) is 114 Å². The Morgan fingerprint density at radius 3 is 2.79 bits per heavy atom. The van der Waals surface area contributed by atoms with E-state index < -0.39 is 5.82 Å². The summed E-state index contributed by atoms with van der Waals surface area (Å²) < 4.78 is 22.6. The molecule has 0 unspecified atom stereocenters. The number of aromatic nitrogens is 6. The van der Waals surface area contributed by atoms with Crippen LogP contribution in [0, 0.1) is 5.82 Å². The minimum absolute atomic E-state index is 0.0618. The normalized spacial score (nSPS) is 15.6. The number of rotatable bonds is 6. The van der Waals surface area contributed by atoms with Gasteiger partial charge in [0.1, 0.15) is 28.9 Å². The summed E-state index contributed by atoms with van der Waals surface area (Å²) in [7, 11) is 1.78. The van der Waals surface area contributed by atoms with E-state index >= 15 is 4.39 Å². The van der Waals surface area contributed by atoms with Crippen molar-refractivity contribution >= 4 is 57.4 Å². The first-order chi connectivity index (χ1) is 18.9. The summed E-state index contributed by atoms with van der Waals surface area (Å²) in [6.45, 7) is 3.92. The molecule has 1 aliphatic rings. The van der Waals surface area contributed by atoms with Crippen molar-refractivity contribution in [3.63, 3.8) is 0 Å². The van der Waals surface area contributed by atoms with Crippen LogP contribution in [0.3, 0.4) is 0 Å². The van der Waals surface area contributed by atoms with Crippen molar-refractivity contribution in [3.8, 4) is 11.5 Å². The van der Waals surface area contributed by atoms with Gasteiger partial charge in [-0.3, -0.25) is 4.79 Å². The Balaban J connectivity index is 1.26. The molecule has 1 aliphatic heterocycles. The van der Waals surface area contributed by atoms with Gasteiger partial charge in [0.15, 0.2) is 17.4 Å². The third-order valence-corrected chi connectivity index (χ3v) is 6.95. The summed E-state index contributed by atoms with van der Waals surface area (Å²) in [5.41, 5.74) is 2.96. The van der Waals surface area contributed by atoms with Gasteiger partial charge in [-0.25, -0.2) is 24.0 Å². The monoisotopic (exact) mass is 547 g/mol. The Morgan fingerprint density at radius 1 is 1.13 bits per heavy atom. The molecular formula is C26H23ClFN9O2. The number of pyridine rings is 1. The van der Waals surface area contributed by atoms with E-state index in [9.17, 15) is 4.79 Å². The van der Waals surface area contributed by atoms with E-state index in [4.69, 9.17) is 21.3 Å². The highest BCUT2D eigenvalue weighted by atomic mass is 35.5. The molecule has 39 heavy (non-hydrogen) atoms. The Morgan fingerprint density at radius 2 is 2.00 bits per heavy atom. The molecular weight excluding hydrogens is 525 g/mol. The van der Waals surface area contributed by atoms with Crippen molar-refractivity contribution < 1.29 is 13.9 Å². The smallest absolute Gasteiger partial charge is 0.210 e. The number of hydrogen-bond donors (Lipinski definition) is 1. The number of anilines is 3. The summed E-state index contributed by atoms with van der Waals surface area (Å²) in [5, 5.41) is 11.2. The molecule has 11 nitrogen and oxygen atoms in total. The van der Waals surface area contributed by atoms with E-state index in [0.717, 1.165) is 17.7 Å². The van der Waals surface area contributed by atoms with Gasteiger partial charge in [-0.2, -0.15) is 0 Å². The molecule has 0 radical (unpaired) electrons. The third kappa shape index (κ3) is 4.74. The van der Waals surface area contributed by atoms with Gasteiger partial charge in [0.25, 0.3) is 0 Å². The van der Waals surface area contributed by atoms with Gasteiger partial charge < -0.3 is 19.9 Å². The Labute approximate surface area is 227 Å². The van der Waals surface area contributed by atoms with Gasteiger partial charge in [0, 0.05) is 50.5 Å². The average Bonchev–Trinajstić information content (AvgIpc) is 3.30. The van der Waals surface area contributed by atoms with Gasteiger partial charge >= 0.3 is 0 Å². The number of nitrogens with one attached hydrogen (secondary N) is 1. The molecule has 1 atom stereocenters. The second-order valence-corrected chi connectivity index (χ2v) is 9.66. The van der Waals surface area contributed by atoms with Crippen LogP contribution < -0.4 is 15.0 Å². The first kappa shape index (κ1) is 24.7. The number of hydrogen-bond acceptors (Lipinski definition) is 9. The van der Waals surface area contributed by atoms with Gasteiger partial charge in [0.05, 0.1) is 16.1 Å². The molecule has 1 saturated heterocycles. The lowest BCUT2D eigenvalue weighted by atomic mass is 10.2. The predicted octanol–water partition coefficient (Wildman–Crippen LogP) is 4.30. The summed E-state index contributed by atoms with van der Waals surface area (Å²) >= 11 is 6.43. The average molecular weight is 548 g/mol. The molecule has 5 aromatic rings. The predicted molar refractivity (Wildman–Crippen MR) is 145 cm³/mol. The highest BCUT2D eigenvalue weighted by molar-refractivity contribution is 6.32. The number of aryl methyl sites for hydroxylation is 1. The number of carbonyl (C=O) groups is 1. The largest absolute Gasteiger partial charge is 0.453 e. The quantitative estimate of drug-likeness (QED) is 0.311. The van der Waals surface area contributed by atoms with Crippen LogP contribution in [-0.2, 0) is 11.8 Å². The van der Waals surface area contributed by atoms with E-state index in [-0.39, 0.29) is 16.8 Å². The second-order valence-electron chi connectivity index (χ2n) is 9.26. The highest BCUT2D eigenvalue weighted by Gasteiger charge is 2.24. The number of fused-ring (bicyclic) bond motifs is 2. The molecule has 0 bridgehead atoms. The number of halogens is 2. The van der Waals surface area contributed by atoms with E-state index in [1.165, 1.54) is 12.4 Å². The minimum atomic E-state index is -0.654. The second kappa shape index (κ2) is 9.95. The zero-order valence-corrected chi connectivity index (χ0v) is 21.8. The van der Waals surface area contributed by atoms with Crippen LogP contribution in [0.5, 0.6) is 11.5 Å². The summed E-state index contributed by atoms with van der Waals surface area (Å²) in [5.74, 6) is 0.760. The molecule has 1 N–H and O–H groups in total. The Bertz CT molecular complexity index is 1690. The number of amides is 1. The summed E-state index contributed by atoms with van der Waals surface area (Å²) in [6.07, 6.45) is 2.29. The molecule has 2 aromatic carbocycles. The number of piperazine rings is 1. The molecule has 13 heteroatoms. The van der Waals surface area contributed by atoms with Crippen LogP contribution >= 0.6 is 11.6 Å².